The summed E-state index contributed by atoms with van der Waals surface area (Å²) < 4.78 is 102. The molecule has 2 atom stereocenters. The number of benzene rings is 4. The maximum absolute atomic E-state index is 13.1. The molecule has 0 radical (unpaired) electrons. The third kappa shape index (κ3) is 13.6. The second kappa shape index (κ2) is 18.0. The maximum atomic E-state index is 13.1. The summed E-state index contributed by atoms with van der Waals surface area (Å²) in [6.07, 6.45) is -7.07. The normalized spacial score (nSPS) is 14.7. The van der Waals surface area contributed by atoms with Crippen LogP contribution in [0.15, 0.2) is 105 Å². The van der Waals surface area contributed by atoms with E-state index in [-0.39, 0.29) is 13.2 Å². The molecule has 0 aliphatic rings. The van der Waals surface area contributed by atoms with Crippen molar-refractivity contribution in [3.8, 4) is 0 Å². The van der Waals surface area contributed by atoms with Crippen molar-refractivity contribution in [2.24, 2.45) is 11.5 Å². The van der Waals surface area contributed by atoms with Crippen molar-refractivity contribution >= 4 is 55.0 Å². The van der Waals surface area contributed by atoms with Crippen molar-refractivity contribution in [1.82, 2.24) is 0 Å². The van der Waals surface area contributed by atoms with E-state index >= 15 is 0 Å². The second-order valence-corrected chi connectivity index (χ2v) is 17.1. The molecule has 4 aromatic rings. The highest BCUT2D eigenvalue weighted by Crippen LogP contribution is 2.38. The predicted octanol–water partition coefficient (Wildman–Crippen LogP) is 11.8. The first-order valence-corrected chi connectivity index (χ1v) is 19.4. The van der Waals surface area contributed by atoms with E-state index < -0.39 is 42.8 Å². The first-order chi connectivity index (χ1) is 24.2. The van der Waals surface area contributed by atoms with Gasteiger partial charge in [0.05, 0.1) is 24.3 Å². The van der Waals surface area contributed by atoms with Crippen LogP contribution in [0.4, 0.5) is 26.3 Å². The van der Waals surface area contributed by atoms with Crippen molar-refractivity contribution in [2.75, 3.05) is 13.2 Å². The Bertz CT molecular complexity index is 1730. The molecule has 4 rings (SSSR count). The quantitative estimate of drug-likeness (QED) is 0.0859. The summed E-state index contributed by atoms with van der Waals surface area (Å²) in [5, 5.41) is 0.887. The second-order valence-electron chi connectivity index (χ2n) is 12.9. The van der Waals surface area contributed by atoms with Gasteiger partial charge < -0.3 is 20.5 Å². The van der Waals surface area contributed by atoms with Crippen LogP contribution in [0.1, 0.15) is 48.9 Å². The fourth-order valence-corrected chi connectivity index (χ4v) is 8.30. The van der Waals surface area contributed by atoms with Gasteiger partial charge in [-0.1, -0.05) is 71.0 Å². The van der Waals surface area contributed by atoms with Gasteiger partial charge in [-0.2, -0.15) is 26.3 Å². The average molecular weight is 826 g/mol. The van der Waals surface area contributed by atoms with E-state index in [1.54, 1.807) is 62.4 Å². The number of halogens is 8. The van der Waals surface area contributed by atoms with Crippen LogP contribution in [0.5, 0.6) is 0 Å². The SMILES string of the molecule is C[C@@](N)(CCc1ccc(Sc2cccc(C(F)(F)F)c2)cc1Cl)CO[PH](=O)OC[C@](C)(N)CCc1ccc(Sc2cccc(C(F)(F)F)c2)cc1Cl. The summed E-state index contributed by atoms with van der Waals surface area (Å²) in [7, 11) is -2.94. The van der Waals surface area contributed by atoms with Crippen molar-refractivity contribution in [3.63, 3.8) is 0 Å². The molecule has 0 aliphatic carbocycles. The molecule has 0 heterocycles. The monoisotopic (exact) mass is 824 g/mol. The summed E-state index contributed by atoms with van der Waals surface area (Å²) in [4.78, 5) is 2.23. The van der Waals surface area contributed by atoms with Gasteiger partial charge in [-0.15, -0.1) is 0 Å². The van der Waals surface area contributed by atoms with Gasteiger partial charge in [0.15, 0.2) is 0 Å². The molecule has 0 bridgehead atoms. The van der Waals surface area contributed by atoms with E-state index in [0.29, 0.717) is 55.3 Å². The molecule has 0 aromatic heterocycles. The summed E-state index contributed by atoms with van der Waals surface area (Å²) in [6, 6.07) is 20.7. The summed E-state index contributed by atoms with van der Waals surface area (Å²) in [6.45, 7) is 3.36. The van der Waals surface area contributed by atoms with Gasteiger partial charge in [-0.3, -0.25) is 4.57 Å². The zero-order valence-electron chi connectivity index (χ0n) is 28.0. The maximum Gasteiger partial charge on any atom is 0.416 e. The van der Waals surface area contributed by atoms with E-state index in [4.69, 9.17) is 43.7 Å². The van der Waals surface area contributed by atoms with Crippen molar-refractivity contribution in [2.45, 2.75) is 82.5 Å². The lowest BCUT2D eigenvalue weighted by molar-refractivity contribution is -0.138. The van der Waals surface area contributed by atoms with Crippen molar-refractivity contribution in [1.29, 1.82) is 0 Å². The average Bonchev–Trinajstić information content (AvgIpc) is 3.05. The molecule has 0 fully saturated rings. The molecule has 282 valence electrons. The Morgan fingerprint density at radius 3 is 1.33 bits per heavy atom. The zero-order chi connectivity index (χ0) is 38.3. The van der Waals surface area contributed by atoms with Gasteiger partial charge in [-0.25, -0.2) is 0 Å². The number of aryl methyl sites for hydroxylation is 2. The Kier molecular flexibility index (Phi) is 14.7. The highest BCUT2D eigenvalue weighted by atomic mass is 35.5. The Balaban J connectivity index is 1.20. The molecule has 0 aliphatic heterocycles. The molecular formula is C36H37Cl2F6N2O3PS2. The molecule has 0 saturated carbocycles. The van der Waals surface area contributed by atoms with E-state index in [1.807, 2.05) is 0 Å². The Morgan fingerprint density at radius 1 is 0.615 bits per heavy atom. The lowest BCUT2D eigenvalue weighted by atomic mass is 9.95. The van der Waals surface area contributed by atoms with Crippen molar-refractivity contribution < 1.29 is 40.0 Å². The highest BCUT2D eigenvalue weighted by molar-refractivity contribution is 7.99. The molecule has 0 spiro atoms. The van der Waals surface area contributed by atoms with Gasteiger partial charge in [0.25, 0.3) is 0 Å². The molecule has 4 N–H and O–H groups in total. The van der Waals surface area contributed by atoms with Crippen LogP contribution < -0.4 is 11.5 Å². The van der Waals surface area contributed by atoms with E-state index in [1.165, 1.54) is 35.7 Å². The molecule has 52 heavy (non-hydrogen) atoms. The fourth-order valence-electron chi connectivity index (χ4n) is 4.81. The largest absolute Gasteiger partial charge is 0.416 e. The van der Waals surface area contributed by atoms with Gasteiger partial charge in [0, 0.05) is 40.7 Å². The van der Waals surface area contributed by atoms with E-state index in [0.717, 1.165) is 35.4 Å². The number of alkyl halides is 6. The summed E-state index contributed by atoms with van der Waals surface area (Å²) in [5.41, 5.74) is 11.2. The minimum atomic E-state index is -4.43. The van der Waals surface area contributed by atoms with Crippen LogP contribution in [-0.4, -0.2) is 24.3 Å². The van der Waals surface area contributed by atoms with Crippen LogP contribution in [0.3, 0.4) is 0 Å². The molecule has 4 aromatic carbocycles. The van der Waals surface area contributed by atoms with Crippen LogP contribution in [0, 0.1) is 0 Å². The molecule has 0 amide bonds. The van der Waals surface area contributed by atoms with Crippen LogP contribution in [-0.2, 0) is 38.8 Å². The first kappa shape index (κ1) is 42.6. The molecule has 0 unspecified atom stereocenters. The van der Waals surface area contributed by atoms with Gasteiger partial charge in [0.1, 0.15) is 0 Å². The molecule has 0 saturated heterocycles. The number of nitrogens with two attached hydrogens (primary N) is 2. The third-order valence-corrected chi connectivity index (χ3v) is 11.2. The minimum absolute atomic E-state index is 0.0619. The smallest absolute Gasteiger partial charge is 0.323 e. The number of hydrogen-bond donors (Lipinski definition) is 2. The van der Waals surface area contributed by atoms with Crippen LogP contribution in [0.2, 0.25) is 10.0 Å². The van der Waals surface area contributed by atoms with E-state index in [9.17, 15) is 30.9 Å². The fraction of sp³-hybridized carbons (Fsp3) is 0.333. The van der Waals surface area contributed by atoms with Crippen LogP contribution in [0.25, 0.3) is 0 Å². The Hall–Kier alpha value is -2.19. The molecule has 5 nitrogen and oxygen atoms in total. The standard InChI is InChI=1S/C36H37Cl2F6N2O3PS2/c1-33(45,15-13-23-9-11-29(19-31(23)37)51-27-7-3-5-25(17-27)35(39,40)41)21-48-50(47)49-22-34(2,46)16-14-24-10-12-30(20-32(24)38)52-28-8-4-6-26(18-28)36(42,43)44/h3-12,17-20,50H,13-16,21-22,45-46H2,1-2H3/t33-,34-/m1/s1. The van der Waals surface area contributed by atoms with Crippen molar-refractivity contribution in [3.05, 3.63) is 117 Å². The minimum Gasteiger partial charge on any atom is -0.323 e. The number of rotatable bonds is 16. The first-order valence-electron chi connectivity index (χ1n) is 15.8. The van der Waals surface area contributed by atoms with Gasteiger partial charge in [0.2, 0.25) is 0 Å². The van der Waals surface area contributed by atoms with E-state index in [2.05, 4.69) is 0 Å². The van der Waals surface area contributed by atoms with Gasteiger partial charge in [-0.05, 0) is 111 Å². The summed E-state index contributed by atoms with van der Waals surface area (Å²) in [5.74, 6) is 0. The molecule has 16 heteroatoms. The lowest BCUT2D eigenvalue weighted by Gasteiger charge is -2.26. The highest BCUT2D eigenvalue weighted by Gasteiger charge is 2.31. The Morgan fingerprint density at radius 2 is 0.981 bits per heavy atom. The summed E-state index contributed by atoms with van der Waals surface area (Å²) >= 11 is 15.3. The van der Waals surface area contributed by atoms with Crippen LogP contribution >= 0.6 is 55.0 Å². The molecular weight excluding hydrogens is 788 g/mol. The zero-order valence-corrected chi connectivity index (χ0v) is 32.2. The van der Waals surface area contributed by atoms with Gasteiger partial charge >= 0.3 is 20.6 Å². The Labute approximate surface area is 318 Å². The third-order valence-electron chi connectivity index (χ3n) is 7.81. The number of hydrogen-bond acceptors (Lipinski definition) is 7. The predicted molar refractivity (Wildman–Crippen MR) is 197 cm³/mol. The topological polar surface area (TPSA) is 87.6 Å². The lowest BCUT2D eigenvalue weighted by Crippen LogP contribution is -2.42.